The summed E-state index contributed by atoms with van der Waals surface area (Å²) in [5.41, 5.74) is 0. The molecular weight excluding hydrogens is 331 g/mol. The molecule has 1 aromatic rings. The standard InChI is InChI=1S/C17H25FN2O3S/c1-13(2)20-10-7-14(8-11-20)17(21)19-9-12-24(22,23)16-5-3-15(18)4-6-16/h3-6,13-14H,7-12H2,1-2H3,(H,19,21). The second-order valence-electron chi connectivity index (χ2n) is 6.47. The number of sulfone groups is 1. The minimum absolute atomic E-state index is 0.0477. The Morgan fingerprint density at radius 2 is 1.83 bits per heavy atom. The molecule has 1 aromatic carbocycles. The zero-order valence-corrected chi connectivity index (χ0v) is 15.0. The van der Waals surface area contributed by atoms with Crippen molar-refractivity contribution in [2.24, 2.45) is 5.92 Å². The smallest absolute Gasteiger partial charge is 0.223 e. The van der Waals surface area contributed by atoms with E-state index in [-0.39, 0.29) is 29.0 Å². The monoisotopic (exact) mass is 356 g/mol. The van der Waals surface area contributed by atoms with Crippen molar-refractivity contribution >= 4 is 15.7 Å². The van der Waals surface area contributed by atoms with Crippen LogP contribution in [0, 0.1) is 11.7 Å². The minimum atomic E-state index is -3.51. The molecule has 0 saturated carbocycles. The van der Waals surface area contributed by atoms with Crippen molar-refractivity contribution in [3.8, 4) is 0 Å². The summed E-state index contributed by atoms with van der Waals surface area (Å²) in [6.45, 7) is 6.14. The van der Waals surface area contributed by atoms with Crippen LogP contribution in [0.4, 0.5) is 4.39 Å². The topological polar surface area (TPSA) is 66.5 Å². The first-order chi connectivity index (χ1) is 11.3. The van der Waals surface area contributed by atoms with Crippen LogP contribution in [0.2, 0.25) is 0 Å². The maximum Gasteiger partial charge on any atom is 0.223 e. The first-order valence-electron chi connectivity index (χ1n) is 8.29. The molecule has 1 aliphatic heterocycles. The third-order valence-electron chi connectivity index (χ3n) is 4.47. The summed E-state index contributed by atoms with van der Waals surface area (Å²) in [4.78, 5) is 14.6. The van der Waals surface area contributed by atoms with Gasteiger partial charge in [0.05, 0.1) is 10.6 Å². The number of nitrogens with zero attached hydrogens (tertiary/aromatic N) is 1. The maximum absolute atomic E-state index is 12.9. The van der Waals surface area contributed by atoms with Crippen molar-refractivity contribution < 1.29 is 17.6 Å². The third-order valence-corrected chi connectivity index (χ3v) is 6.21. The fraction of sp³-hybridized carbons (Fsp3) is 0.588. The quantitative estimate of drug-likeness (QED) is 0.790. The summed E-state index contributed by atoms with van der Waals surface area (Å²) >= 11 is 0. The van der Waals surface area contributed by atoms with Crippen LogP contribution in [0.3, 0.4) is 0 Å². The number of likely N-dealkylation sites (tertiary alicyclic amines) is 1. The van der Waals surface area contributed by atoms with Crippen molar-refractivity contribution in [2.45, 2.75) is 37.6 Å². The van der Waals surface area contributed by atoms with E-state index in [1.165, 1.54) is 12.1 Å². The van der Waals surface area contributed by atoms with Crippen molar-refractivity contribution in [3.05, 3.63) is 30.1 Å². The second kappa shape index (κ2) is 8.07. The maximum atomic E-state index is 12.9. The normalized spacial score (nSPS) is 17.2. The van der Waals surface area contributed by atoms with Crippen LogP contribution in [0.15, 0.2) is 29.2 Å². The molecule has 0 aromatic heterocycles. The third kappa shape index (κ3) is 5.01. The Hall–Kier alpha value is -1.47. The largest absolute Gasteiger partial charge is 0.355 e. The van der Waals surface area contributed by atoms with E-state index in [4.69, 9.17) is 0 Å². The number of hydrogen-bond acceptors (Lipinski definition) is 4. The number of nitrogens with one attached hydrogen (secondary N) is 1. The van der Waals surface area contributed by atoms with E-state index in [0.29, 0.717) is 6.04 Å². The highest BCUT2D eigenvalue weighted by atomic mass is 32.2. The van der Waals surface area contributed by atoms with E-state index >= 15 is 0 Å². The zero-order valence-electron chi connectivity index (χ0n) is 14.2. The van der Waals surface area contributed by atoms with E-state index in [2.05, 4.69) is 24.1 Å². The van der Waals surface area contributed by atoms with Gasteiger partial charge in [0.25, 0.3) is 0 Å². The van der Waals surface area contributed by atoms with Crippen molar-refractivity contribution in [1.29, 1.82) is 0 Å². The van der Waals surface area contributed by atoms with Crippen LogP contribution in [0.25, 0.3) is 0 Å². The Balaban J connectivity index is 1.79. The van der Waals surface area contributed by atoms with Gasteiger partial charge in [-0.05, 0) is 64.0 Å². The van der Waals surface area contributed by atoms with Gasteiger partial charge in [0.15, 0.2) is 9.84 Å². The average Bonchev–Trinajstić information content (AvgIpc) is 2.55. The molecule has 5 nitrogen and oxygen atoms in total. The summed E-state index contributed by atoms with van der Waals surface area (Å²) in [7, 11) is -3.51. The van der Waals surface area contributed by atoms with E-state index < -0.39 is 15.7 Å². The molecule has 1 aliphatic rings. The molecule has 134 valence electrons. The molecule has 7 heteroatoms. The Morgan fingerprint density at radius 3 is 2.38 bits per heavy atom. The molecule has 0 radical (unpaired) electrons. The molecule has 1 heterocycles. The summed E-state index contributed by atoms with van der Waals surface area (Å²) in [6.07, 6.45) is 1.60. The van der Waals surface area contributed by atoms with E-state index in [1.54, 1.807) is 0 Å². The van der Waals surface area contributed by atoms with Gasteiger partial charge in [-0.25, -0.2) is 12.8 Å². The highest BCUT2D eigenvalue weighted by molar-refractivity contribution is 7.91. The number of hydrogen-bond donors (Lipinski definition) is 1. The fourth-order valence-corrected chi connectivity index (χ4v) is 4.05. The predicted octanol–water partition coefficient (Wildman–Crippen LogP) is 1.84. The van der Waals surface area contributed by atoms with Crippen molar-refractivity contribution in [1.82, 2.24) is 10.2 Å². The van der Waals surface area contributed by atoms with Gasteiger partial charge in [0.1, 0.15) is 5.82 Å². The molecule has 2 rings (SSSR count). The minimum Gasteiger partial charge on any atom is -0.355 e. The van der Waals surface area contributed by atoms with E-state index in [9.17, 15) is 17.6 Å². The van der Waals surface area contributed by atoms with Gasteiger partial charge in [-0.15, -0.1) is 0 Å². The Morgan fingerprint density at radius 1 is 1.25 bits per heavy atom. The number of halogens is 1. The Labute approximate surface area is 143 Å². The molecule has 1 amide bonds. The summed E-state index contributed by atoms with van der Waals surface area (Å²) in [5, 5.41) is 2.72. The lowest BCUT2D eigenvalue weighted by molar-refractivity contribution is -0.126. The van der Waals surface area contributed by atoms with Gasteiger partial charge in [-0.2, -0.15) is 0 Å². The molecule has 1 saturated heterocycles. The zero-order chi connectivity index (χ0) is 17.7. The van der Waals surface area contributed by atoms with E-state index in [0.717, 1.165) is 38.1 Å². The van der Waals surface area contributed by atoms with Crippen LogP contribution in [0.5, 0.6) is 0 Å². The number of carbonyl (C=O) groups excluding carboxylic acids is 1. The number of carbonyl (C=O) groups is 1. The SMILES string of the molecule is CC(C)N1CCC(C(=O)NCCS(=O)(=O)c2ccc(F)cc2)CC1. The molecule has 1 fully saturated rings. The van der Waals surface area contributed by atoms with Gasteiger partial charge in [-0.3, -0.25) is 4.79 Å². The molecule has 0 unspecified atom stereocenters. The summed E-state index contributed by atoms with van der Waals surface area (Å²) < 4.78 is 37.1. The fourth-order valence-electron chi connectivity index (χ4n) is 2.89. The highest BCUT2D eigenvalue weighted by Gasteiger charge is 2.26. The van der Waals surface area contributed by atoms with Crippen LogP contribution in [-0.4, -0.2) is 50.7 Å². The summed E-state index contributed by atoms with van der Waals surface area (Å²) in [5.74, 6) is -0.786. The van der Waals surface area contributed by atoms with Gasteiger partial charge < -0.3 is 10.2 Å². The average molecular weight is 356 g/mol. The molecule has 1 N–H and O–H groups in total. The lowest BCUT2D eigenvalue weighted by atomic mass is 9.95. The lowest BCUT2D eigenvalue weighted by Gasteiger charge is -2.33. The molecule has 0 atom stereocenters. The molecule has 0 spiro atoms. The first-order valence-corrected chi connectivity index (χ1v) is 9.95. The van der Waals surface area contributed by atoms with E-state index in [1.807, 2.05) is 0 Å². The molecular formula is C17H25FN2O3S. The van der Waals surface area contributed by atoms with Crippen LogP contribution in [-0.2, 0) is 14.6 Å². The van der Waals surface area contributed by atoms with Crippen LogP contribution in [0.1, 0.15) is 26.7 Å². The second-order valence-corrected chi connectivity index (χ2v) is 8.58. The van der Waals surface area contributed by atoms with Crippen molar-refractivity contribution in [2.75, 3.05) is 25.4 Å². The van der Waals surface area contributed by atoms with Crippen LogP contribution >= 0.6 is 0 Å². The lowest BCUT2D eigenvalue weighted by Crippen LogP contribution is -2.43. The summed E-state index contributed by atoms with van der Waals surface area (Å²) in [6, 6.07) is 5.21. The number of benzene rings is 1. The highest BCUT2D eigenvalue weighted by Crippen LogP contribution is 2.19. The molecule has 24 heavy (non-hydrogen) atoms. The van der Waals surface area contributed by atoms with Crippen molar-refractivity contribution in [3.63, 3.8) is 0 Å². The molecule has 0 aliphatic carbocycles. The van der Waals surface area contributed by atoms with Gasteiger partial charge in [0, 0.05) is 18.5 Å². The molecule has 0 bridgehead atoms. The number of rotatable bonds is 6. The van der Waals surface area contributed by atoms with Gasteiger partial charge in [0.2, 0.25) is 5.91 Å². The van der Waals surface area contributed by atoms with Gasteiger partial charge >= 0.3 is 0 Å². The number of amides is 1. The van der Waals surface area contributed by atoms with Gasteiger partial charge in [-0.1, -0.05) is 0 Å². The first kappa shape index (κ1) is 18.9. The Bertz CT molecular complexity index is 651. The number of piperidine rings is 1. The Kier molecular flexibility index (Phi) is 6.34. The van der Waals surface area contributed by atoms with Crippen LogP contribution < -0.4 is 5.32 Å². The predicted molar refractivity (Wildman–Crippen MR) is 90.9 cm³/mol.